The summed E-state index contributed by atoms with van der Waals surface area (Å²) in [5.74, 6) is -0.997. The lowest BCUT2D eigenvalue weighted by molar-refractivity contribution is -0.384. The Morgan fingerprint density at radius 2 is 1.96 bits per heavy atom. The Morgan fingerprint density at radius 3 is 2.70 bits per heavy atom. The lowest BCUT2D eigenvalue weighted by Crippen LogP contribution is -2.11. The van der Waals surface area contributed by atoms with E-state index in [1.54, 1.807) is 18.2 Å². The number of esters is 1. The van der Waals surface area contributed by atoms with E-state index in [1.807, 2.05) is 12.1 Å². The second-order valence-corrected chi connectivity index (χ2v) is 6.52. The zero-order valence-electron chi connectivity index (χ0n) is 14.2. The van der Waals surface area contributed by atoms with Gasteiger partial charge < -0.3 is 10.1 Å². The number of carbonyl (C=O) groups excluding carboxylic acids is 2. The third-order valence-corrected chi connectivity index (χ3v) is 4.82. The quantitative estimate of drug-likeness (QED) is 0.308. The summed E-state index contributed by atoms with van der Waals surface area (Å²) in [4.78, 5) is 34.7. The predicted molar refractivity (Wildman–Crippen MR) is 104 cm³/mol. The molecule has 3 rings (SSSR count). The maximum absolute atomic E-state index is 12.3. The minimum Gasteiger partial charge on any atom is -0.465 e. The van der Waals surface area contributed by atoms with Crippen LogP contribution in [0.15, 0.2) is 54.6 Å². The van der Waals surface area contributed by atoms with Crippen LogP contribution >= 0.6 is 11.3 Å². The Kier molecular flexibility index (Phi) is 5.28. The van der Waals surface area contributed by atoms with Crippen molar-refractivity contribution in [3.05, 3.63) is 75.8 Å². The van der Waals surface area contributed by atoms with Crippen LogP contribution < -0.4 is 5.32 Å². The van der Waals surface area contributed by atoms with Crippen LogP contribution in [0.25, 0.3) is 16.2 Å². The highest BCUT2D eigenvalue weighted by molar-refractivity contribution is 7.23. The summed E-state index contributed by atoms with van der Waals surface area (Å²) >= 11 is 1.27. The highest BCUT2D eigenvalue weighted by atomic mass is 32.1. The summed E-state index contributed by atoms with van der Waals surface area (Å²) in [5.41, 5.74) is 0.758. The van der Waals surface area contributed by atoms with Crippen molar-refractivity contribution < 1.29 is 19.2 Å². The van der Waals surface area contributed by atoms with Crippen molar-refractivity contribution in [2.24, 2.45) is 0 Å². The smallest absolute Gasteiger partial charge is 0.341 e. The van der Waals surface area contributed by atoms with Gasteiger partial charge in [0.25, 0.3) is 5.69 Å². The number of non-ortho nitro benzene ring substituents is 1. The van der Waals surface area contributed by atoms with Gasteiger partial charge in [-0.2, -0.15) is 0 Å². The Morgan fingerprint density at radius 1 is 1.19 bits per heavy atom. The van der Waals surface area contributed by atoms with Gasteiger partial charge in [0.15, 0.2) is 0 Å². The molecule has 0 aliphatic carbocycles. The maximum atomic E-state index is 12.3. The van der Waals surface area contributed by atoms with Crippen molar-refractivity contribution in [1.29, 1.82) is 0 Å². The van der Waals surface area contributed by atoms with E-state index < -0.39 is 16.8 Å². The molecule has 8 heteroatoms. The summed E-state index contributed by atoms with van der Waals surface area (Å²) in [6.45, 7) is 0. The van der Waals surface area contributed by atoms with Crippen LogP contribution in [0, 0.1) is 10.1 Å². The number of methoxy groups -OCH3 is 1. The van der Waals surface area contributed by atoms with Gasteiger partial charge in [-0.3, -0.25) is 14.9 Å². The van der Waals surface area contributed by atoms with Crippen LogP contribution in [-0.2, 0) is 9.53 Å². The second-order valence-electron chi connectivity index (χ2n) is 5.47. The molecule has 0 fully saturated rings. The van der Waals surface area contributed by atoms with Gasteiger partial charge in [-0.05, 0) is 17.7 Å². The molecule has 0 radical (unpaired) electrons. The third-order valence-electron chi connectivity index (χ3n) is 3.73. The number of nitro groups is 1. The lowest BCUT2D eigenvalue weighted by atomic mass is 10.1. The van der Waals surface area contributed by atoms with Crippen molar-refractivity contribution in [2.45, 2.75) is 0 Å². The van der Waals surface area contributed by atoms with Crippen molar-refractivity contribution in [3.8, 4) is 0 Å². The molecule has 7 nitrogen and oxygen atoms in total. The molecule has 0 aliphatic heterocycles. The average Bonchev–Trinajstić information content (AvgIpc) is 3.03. The summed E-state index contributed by atoms with van der Waals surface area (Å²) in [6.07, 6.45) is 2.72. The van der Waals surface area contributed by atoms with Gasteiger partial charge in [-0.25, -0.2) is 4.79 Å². The number of nitrogens with zero attached hydrogens (tertiary/aromatic N) is 1. The molecule has 1 aromatic heterocycles. The molecule has 0 spiro atoms. The highest BCUT2D eigenvalue weighted by Gasteiger charge is 2.20. The number of ether oxygens (including phenoxy) is 1. The SMILES string of the molecule is COC(=O)c1c(NC(=O)/C=C/c2cccc([N+](=O)[O-])c2)sc2ccccc12. The van der Waals surface area contributed by atoms with E-state index in [4.69, 9.17) is 4.74 Å². The molecule has 0 unspecified atom stereocenters. The zero-order chi connectivity index (χ0) is 19.4. The second kappa shape index (κ2) is 7.79. The van der Waals surface area contributed by atoms with Gasteiger partial charge in [0, 0.05) is 28.3 Å². The number of rotatable bonds is 5. The van der Waals surface area contributed by atoms with Gasteiger partial charge in [0.05, 0.1) is 12.0 Å². The summed E-state index contributed by atoms with van der Waals surface area (Å²) in [7, 11) is 1.28. The van der Waals surface area contributed by atoms with Crippen LogP contribution in [0.2, 0.25) is 0 Å². The Balaban J connectivity index is 1.85. The fraction of sp³-hybridized carbons (Fsp3) is 0.0526. The molecule has 27 heavy (non-hydrogen) atoms. The molecule has 0 aliphatic rings. The maximum Gasteiger partial charge on any atom is 0.341 e. The van der Waals surface area contributed by atoms with E-state index in [-0.39, 0.29) is 5.69 Å². The summed E-state index contributed by atoms with van der Waals surface area (Å²) < 4.78 is 5.67. The molecule has 1 amide bonds. The monoisotopic (exact) mass is 382 g/mol. The molecule has 1 heterocycles. The fourth-order valence-electron chi connectivity index (χ4n) is 2.51. The number of carbonyl (C=O) groups is 2. The number of hydrogen-bond donors (Lipinski definition) is 1. The van der Waals surface area contributed by atoms with E-state index >= 15 is 0 Å². The number of hydrogen-bond acceptors (Lipinski definition) is 6. The van der Waals surface area contributed by atoms with Crippen molar-refractivity contribution in [2.75, 3.05) is 12.4 Å². The molecule has 0 atom stereocenters. The molecular formula is C19H14N2O5S. The predicted octanol–water partition coefficient (Wildman–Crippen LogP) is 4.25. The number of nitro benzene ring substituents is 1. The largest absolute Gasteiger partial charge is 0.465 e. The van der Waals surface area contributed by atoms with E-state index in [0.29, 0.717) is 21.5 Å². The molecule has 0 saturated carbocycles. The standard InChI is InChI=1S/C19H14N2O5S/c1-26-19(23)17-14-7-2-3-8-15(14)27-18(17)20-16(22)10-9-12-5-4-6-13(11-12)21(24)25/h2-11H,1H3,(H,20,22)/b10-9+. The highest BCUT2D eigenvalue weighted by Crippen LogP contribution is 2.36. The van der Waals surface area contributed by atoms with Gasteiger partial charge in [0.1, 0.15) is 10.6 Å². The first-order valence-electron chi connectivity index (χ1n) is 7.83. The van der Waals surface area contributed by atoms with Crippen LogP contribution in [0.1, 0.15) is 15.9 Å². The van der Waals surface area contributed by atoms with Crippen LogP contribution in [-0.4, -0.2) is 23.9 Å². The van der Waals surface area contributed by atoms with Crippen LogP contribution in [0.4, 0.5) is 10.7 Å². The third kappa shape index (κ3) is 4.01. The summed E-state index contributed by atoms with van der Waals surface area (Å²) in [5, 5.41) is 14.6. The lowest BCUT2D eigenvalue weighted by Gasteiger charge is -2.03. The average molecular weight is 382 g/mol. The first-order chi connectivity index (χ1) is 13.0. The fourth-order valence-corrected chi connectivity index (χ4v) is 3.60. The van der Waals surface area contributed by atoms with E-state index in [0.717, 1.165) is 4.70 Å². The Labute approximate surface area is 158 Å². The van der Waals surface area contributed by atoms with Gasteiger partial charge in [-0.1, -0.05) is 30.3 Å². The van der Waals surface area contributed by atoms with E-state index in [2.05, 4.69) is 5.32 Å². The summed E-state index contributed by atoms with van der Waals surface area (Å²) in [6, 6.07) is 13.2. The number of anilines is 1. The minimum absolute atomic E-state index is 0.0601. The number of amides is 1. The van der Waals surface area contributed by atoms with Crippen molar-refractivity contribution in [1.82, 2.24) is 0 Å². The van der Waals surface area contributed by atoms with Crippen molar-refractivity contribution >= 4 is 50.1 Å². The van der Waals surface area contributed by atoms with Gasteiger partial charge in [-0.15, -0.1) is 11.3 Å². The normalized spacial score (nSPS) is 10.9. The van der Waals surface area contributed by atoms with Crippen LogP contribution in [0.3, 0.4) is 0 Å². The van der Waals surface area contributed by atoms with Gasteiger partial charge in [0.2, 0.25) is 5.91 Å². The molecule has 0 saturated heterocycles. The zero-order valence-corrected chi connectivity index (χ0v) is 15.0. The molecule has 1 N–H and O–H groups in total. The number of fused-ring (bicyclic) bond motifs is 1. The molecule has 136 valence electrons. The molecule has 2 aromatic carbocycles. The van der Waals surface area contributed by atoms with E-state index in [9.17, 15) is 19.7 Å². The number of nitrogens with one attached hydrogen (secondary N) is 1. The molecule has 0 bridgehead atoms. The van der Waals surface area contributed by atoms with Crippen molar-refractivity contribution in [3.63, 3.8) is 0 Å². The minimum atomic E-state index is -0.537. The topological polar surface area (TPSA) is 98.5 Å². The molecule has 3 aromatic rings. The van der Waals surface area contributed by atoms with Crippen LogP contribution in [0.5, 0.6) is 0 Å². The first-order valence-corrected chi connectivity index (χ1v) is 8.64. The number of thiophene rings is 1. The number of benzene rings is 2. The van der Waals surface area contributed by atoms with E-state index in [1.165, 1.54) is 48.8 Å². The Bertz CT molecular complexity index is 1070. The Hall–Kier alpha value is -3.52. The first kappa shape index (κ1) is 18.3. The molecular weight excluding hydrogens is 368 g/mol. The van der Waals surface area contributed by atoms with Gasteiger partial charge >= 0.3 is 5.97 Å².